The maximum absolute atomic E-state index is 14.5. The molecule has 4 aromatic carbocycles. The second-order valence-electron chi connectivity index (χ2n) is 9.06. The van der Waals surface area contributed by atoms with Crippen molar-refractivity contribution in [3.05, 3.63) is 132 Å². The number of hydrogen-bond donors (Lipinski definition) is 1. The topological polar surface area (TPSA) is 81.2 Å². The van der Waals surface area contributed by atoms with Crippen LogP contribution < -0.4 is 10.1 Å². The molecular weight excluding hydrogens is 513 g/mol. The van der Waals surface area contributed by atoms with Gasteiger partial charge in [-0.1, -0.05) is 66.7 Å². The number of benzene rings is 4. The number of nitrogens with one attached hydrogen (secondary N) is 1. The van der Waals surface area contributed by atoms with Crippen molar-refractivity contribution >= 4 is 21.2 Å². The zero-order valence-electron chi connectivity index (χ0n) is 21.2. The van der Waals surface area contributed by atoms with E-state index < -0.39 is 9.84 Å². The van der Waals surface area contributed by atoms with Crippen molar-refractivity contribution in [1.29, 1.82) is 0 Å². The number of aromatic nitrogens is 2. The highest BCUT2D eigenvalue weighted by atomic mass is 32.2. The second-order valence-corrected chi connectivity index (χ2v) is 10.9. The van der Waals surface area contributed by atoms with E-state index in [0.717, 1.165) is 11.1 Å². The van der Waals surface area contributed by atoms with Crippen LogP contribution in [0.5, 0.6) is 5.75 Å². The van der Waals surface area contributed by atoms with E-state index in [2.05, 4.69) is 15.3 Å². The number of anilines is 2. The number of nitrogens with zero attached hydrogens (tertiary/aromatic N) is 2. The van der Waals surface area contributed by atoms with Gasteiger partial charge in [-0.25, -0.2) is 22.8 Å². The Morgan fingerprint density at radius 2 is 1.56 bits per heavy atom. The first kappa shape index (κ1) is 26.1. The lowest BCUT2D eigenvalue weighted by Crippen LogP contribution is -2.10. The van der Waals surface area contributed by atoms with Gasteiger partial charge in [-0.15, -0.1) is 0 Å². The Morgan fingerprint density at radius 1 is 0.846 bits per heavy atom. The first-order valence-corrected chi connectivity index (χ1v) is 14.0. The lowest BCUT2D eigenvalue weighted by Gasteiger charge is -2.15. The van der Waals surface area contributed by atoms with Crippen LogP contribution in [-0.4, -0.2) is 18.4 Å². The number of sulfone groups is 1. The van der Waals surface area contributed by atoms with E-state index in [1.807, 2.05) is 49.4 Å². The molecule has 1 heterocycles. The van der Waals surface area contributed by atoms with E-state index >= 15 is 0 Å². The third-order valence-corrected chi connectivity index (χ3v) is 7.47. The molecule has 1 aromatic heterocycles. The fourth-order valence-electron chi connectivity index (χ4n) is 4.04. The van der Waals surface area contributed by atoms with E-state index in [1.54, 1.807) is 54.6 Å². The Labute approximate surface area is 227 Å². The van der Waals surface area contributed by atoms with E-state index in [-0.39, 0.29) is 16.7 Å². The molecule has 0 radical (unpaired) electrons. The Bertz CT molecular complexity index is 1700. The fraction of sp³-hybridized carbons (Fsp3) is 0.0968. The summed E-state index contributed by atoms with van der Waals surface area (Å²) in [5.74, 6) is -0.0978. The first-order valence-electron chi connectivity index (χ1n) is 12.3. The molecular formula is C31H26FN3O3S. The van der Waals surface area contributed by atoms with Crippen molar-refractivity contribution in [2.24, 2.45) is 0 Å². The summed E-state index contributed by atoms with van der Waals surface area (Å²) in [6.45, 7) is 2.12. The van der Waals surface area contributed by atoms with Crippen molar-refractivity contribution in [2.75, 3.05) is 5.32 Å². The van der Waals surface area contributed by atoms with Crippen molar-refractivity contribution in [3.8, 4) is 17.0 Å². The first-order chi connectivity index (χ1) is 18.9. The highest BCUT2D eigenvalue weighted by Crippen LogP contribution is 2.34. The highest BCUT2D eigenvalue weighted by Gasteiger charge is 2.21. The van der Waals surface area contributed by atoms with Crippen molar-refractivity contribution in [2.45, 2.75) is 24.4 Å². The van der Waals surface area contributed by atoms with Crippen LogP contribution in [0.2, 0.25) is 0 Å². The van der Waals surface area contributed by atoms with E-state index in [9.17, 15) is 12.8 Å². The summed E-state index contributed by atoms with van der Waals surface area (Å²) in [6.07, 6.45) is 1.42. The van der Waals surface area contributed by atoms with Crippen LogP contribution in [0.3, 0.4) is 0 Å². The standard InChI is InChI=1S/C31H26FN3O3S/c1-22-12-14-29(27(32)18-22)34-25-13-15-30(38-20-23-8-4-2-5-9-23)26(19-25)28-16-17-33-31(35-28)39(36,37)21-24-10-6-3-7-11-24/h2-19,34H,20-21H2,1H3. The minimum atomic E-state index is -3.81. The van der Waals surface area contributed by atoms with Gasteiger partial charge >= 0.3 is 0 Å². The SMILES string of the molecule is Cc1ccc(Nc2ccc(OCc3ccccc3)c(-c3ccnc(S(=O)(=O)Cc4ccccc4)n3)c2)c(F)c1. The van der Waals surface area contributed by atoms with Gasteiger partial charge in [-0.2, -0.15) is 0 Å². The Morgan fingerprint density at radius 3 is 2.28 bits per heavy atom. The zero-order valence-corrected chi connectivity index (χ0v) is 22.0. The van der Waals surface area contributed by atoms with E-state index in [1.165, 1.54) is 12.3 Å². The van der Waals surface area contributed by atoms with Crippen LogP contribution in [0.15, 0.2) is 114 Å². The normalized spacial score (nSPS) is 11.2. The van der Waals surface area contributed by atoms with Crippen LogP contribution in [0, 0.1) is 12.7 Å². The van der Waals surface area contributed by atoms with Gasteiger partial charge < -0.3 is 10.1 Å². The van der Waals surface area contributed by atoms with Crippen LogP contribution in [0.25, 0.3) is 11.3 Å². The lowest BCUT2D eigenvalue weighted by molar-refractivity contribution is 0.307. The quantitative estimate of drug-likeness (QED) is 0.206. The summed E-state index contributed by atoms with van der Waals surface area (Å²) in [4.78, 5) is 8.48. The van der Waals surface area contributed by atoms with Gasteiger partial charge in [-0.05, 0) is 60.0 Å². The van der Waals surface area contributed by atoms with Gasteiger partial charge in [-0.3, -0.25) is 0 Å². The second kappa shape index (κ2) is 11.4. The predicted octanol–water partition coefficient (Wildman–Crippen LogP) is 6.89. The van der Waals surface area contributed by atoms with Crippen LogP contribution in [-0.2, 0) is 22.2 Å². The molecule has 0 saturated heterocycles. The third kappa shape index (κ3) is 6.48. The maximum atomic E-state index is 14.5. The molecule has 5 rings (SSSR count). The van der Waals surface area contributed by atoms with Gasteiger partial charge in [0.1, 0.15) is 18.2 Å². The molecule has 0 aliphatic carbocycles. The summed E-state index contributed by atoms with van der Waals surface area (Å²) in [5.41, 5.74) is 4.25. The van der Waals surface area contributed by atoms with Gasteiger partial charge in [0.2, 0.25) is 15.0 Å². The van der Waals surface area contributed by atoms with Crippen molar-refractivity contribution in [3.63, 3.8) is 0 Å². The molecule has 0 atom stereocenters. The van der Waals surface area contributed by atoms with Crippen LogP contribution >= 0.6 is 0 Å². The van der Waals surface area contributed by atoms with Crippen molar-refractivity contribution < 1.29 is 17.5 Å². The molecule has 0 spiro atoms. The highest BCUT2D eigenvalue weighted by molar-refractivity contribution is 7.90. The predicted molar refractivity (Wildman–Crippen MR) is 150 cm³/mol. The average molecular weight is 540 g/mol. The minimum absolute atomic E-state index is 0.219. The average Bonchev–Trinajstić information content (AvgIpc) is 2.95. The minimum Gasteiger partial charge on any atom is -0.488 e. The summed E-state index contributed by atoms with van der Waals surface area (Å²) >= 11 is 0. The molecule has 0 aliphatic rings. The molecule has 6 nitrogen and oxygen atoms in total. The van der Waals surface area contributed by atoms with E-state index in [0.29, 0.717) is 40.6 Å². The molecule has 0 saturated carbocycles. The molecule has 39 heavy (non-hydrogen) atoms. The summed E-state index contributed by atoms with van der Waals surface area (Å²) in [7, 11) is -3.81. The van der Waals surface area contributed by atoms with Crippen molar-refractivity contribution in [1.82, 2.24) is 9.97 Å². The molecule has 0 fully saturated rings. The molecule has 5 aromatic rings. The molecule has 0 bridgehead atoms. The van der Waals surface area contributed by atoms with E-state index in [4.69, 9.17) is 4.74 Å². The zero-order chi connectivity index (χ0) is 27.2. The number of halogens is 1. The molecule has 0 unspecified atom stereocenters. The van der Waals surface area contributed by atoms with Gasteiger partial charge in [0.15, 0.2) is 0 Å². The Kier molecular flexibility index (Phi) is 7.65. The summed E-state index contributed by atoms with van der Waals surface area (Å²) < 4.78 is 47.0. The molecule has 0 aliphatic heterocycles. The molecule has 1 N–H and O–H groups in total. The van der Waals surface area contributed by atoms with Crippen LogP contribution in [0.1, 0.15) is 16.7 Å². The smallest absolute Gasteiger partial charge is 0.247 e. The summed E-state index contributed by atoms with van der Waals surface area (Å²) in [5, 5.41) is 2.82. The number of rotatable bonds is 9. The van der Waals surface area contributed by atoms with Gasteiger partial charge in [0.25, 0.3) is 0 Å². The summed E-state index contributed by atoms with van der Waals surface area (Å²) in [6, 6.07) is 30.4. The fourth-order valence-corrected chi connectivity index (χ4v) is 5.26. The van der Waals surface area contributed by atoms with Gasteiger partial charge in [0, 0.05) is 17.4 Å². The Hall–Kier alpha value is -4.56. The van der Waals surface area contributed by atoms with Gasteiger partial charge in [0.05, 0.1) is 17.1 Å². The number of aryl methyl sites for hydroxylation is 1. The van der Waals surface area contributed by atoms with Crippen LogP contribution in [0.4, 0.5) is 15.8 Å². The Balaban J connectivity index is 1.51. The lowest BCUT2D eigenvalue weighted by atomic mass is 10.1. The molecule has 0 amide bonds. The maximum Gasteiger partial charge on any atom is 0.247 e. The third-order valence-electron chi connectivity index (χ3n) is 6.01. The molecule has 8 heteroatoms. The number of ether oxygens (including phenoxy) is 1. The molecule has 196 valence electrons. The monoisotopic (exact) mass is 539 g/mol. The largest absolute Gasteiger partial charge is 0.488 e. The number of hydrogen-bond acceptors (Lipinski definition) is 6.